The van der Waals surface area contributed by atoms with E-state index in [1.807, 2.05) is 30.5 Å². The lowest BCUT2D eigenvalue weighted by molar-refractivity contribution is -0.120. The highest BCUT2D eigenvalue weighted by molar-refractivity contribution is 7.13. The summed E-state index contributed by atoms with van der Waals surface area (Å²) in [7, 11) is 0. The molecule has 0 saturated heterocycles. The summed E-state index contributed by atoms with van der Waals surface area (Å²) in [5, 5.41) is 4.15. The number of pyridine rings is 1. The Morgan fingerprint density at radius 2 is 2.12 bits per heavy atom. The van der Waals surface area contributed by atoms with E-state index in [9.17, 15) is 4.79 Å². The van der Waals surface area contributed by atoms with Crippen LogP contribution in [0, 0.1) is 0 Å². The van der Waals surface area contributed by atoms with Crippen LogP contribution in [-0.2, 0) is 17.6 Å². The molecule has 0 atom stereocenters. The second-order valence-electron chi connectivity index (χ2n) is 5.62. The maximum Gasteiger partial charge on any atom is 0.224 e. The van der Waals surface area contributed by atoms with E-state index in [2.05, 4.69) is 31.8 Å². The monoisotopic (exact) mass is 336 g/mol. The summed E-state index contributed by atoms with van der Waals surface area (Å²) in [4.78, 5) is 19.6. The van der Waals surface area contributed by atoms with E-state index in [1.54, 1.807) is 6.20 Å². The molecule has 0 aliphatic carbocycles. The Kier molecular flexibility index (Phi) is 3.96. The van der Waals surface area contributed by atoms with Gasteiger partial charge in [-0.2, -0.15) is 4.37 Å². The van der Waals surface area contributed by atoms with Crippen molar-refractivity contribution in [2.45, 2.75) is 12.8 Å². The molecule has 3 aromatic heterocycles. The fourth-order valence-corrected chi connectivity index (χ4v) is 3.64. The first-order valence-electron chi connectivity index (χ1n) is 7.82. The molecule has 24 heavy (non-hydrogen) atoms. The molecule has 4 aromatic rings. The fraction of sp³-hybridized carbons (Fsp3) is 0.167. The zero-order valence-corrected chi connectivity index (χ0v) is 13.8. The first-order chi connectivity index (χ1) is 11.8. The molecule has 4 rings (SSSR count). The zero-order chi connectivity index (χ0) is 16.4. The molecule has 2 N–H and O–H groups in total. The van der Waals surface area contributed by atoms with Crippen molar-refractivity contribution in [1.29, 1.82) is 0 Å². The third kappa shape index (κ3) is 2.88. The van der Waals surface area contributed by atoms with Gasteiger partial charge in [-0.15, -0.1) is 0 Å². The minimum atomic E-state index is 0.00101. The fourth-order valence-electron chi connectivity index (χ4n) is 2.82. The summed E-state index contributed by atoms with van der Waals surface area (Å²) in [6, 6.07) is 12.0. The van der Waals surface area contributed by atoms with Crippen LogP contribution in [0.5, 0.6) is 0 Å². The number of benzene rings is 1. The number of nitrogens with zero attached hydrogens (tertiary/aromatic N) is 2. The molecule has 0 bridgehead atoms. The largest absolute Gasteiger partial charge is 0.360 e. The van der Waals surface area contributed by atoms with Crippen molar-refractivity contribution in [2.75, 3.05) is 6.54 Å². The molecule has 6 heteroatoms. The Hall–Kier alpha value is -2.73. The lowest BCUT2D eigenvalue weighted by Gasteiger charge is -2.04. The van der Waals surface area contributed by atoms with E-state index < -0.39 is 0 Å². The first-order valence-corrected chi connectivity index (χ1v) is 8.59. The van der Waals surface area contributed by atoms with Crippen LogP contribution < -0.4 is 5.32 Å². The number of aromatic nitrogens is 3. The van der Waals surface area contributed by atoms with Crippen LogP contribution in [0.1, 0.15) is 11.3 Å². The lowest BCUT2D eigenvalue weighted by Crippen LogP contribution is -2.27. The van der Waals surface area contributed by atoms with Gasteiger partial charge < -0.3 is 10.3 Å². The molecule has 3 heterocycles. The second-order valence-corrected chi connectivity index (χ2v) is 6.42. The summed E-state index contributed by atoms with van der Waals surface area (Å²) < 4.78 is 5.67. The number of hydrogen-bond acceptors (Lipinski definition) is 4. The number of hydrogen-bond donors (Lipinski definition) is 2. The molecule has 0 radical (unpaired) electrons. The molecule has 120 valence electrons. The SMILES string of the molecule is O=C(Cc1c[nH]c2cccnc12)NCCc1nsc2ccccc12. The van der Waals surface area contributed by atoms with Gasteiger partial charge in [0.15, 0.2) is 0 Å². The van der Waals surface area contributed by atoms with Crippen molar-refractivity contribution in [2.24, 2.45) is 0 Å². The number of rotatable bonds is 5. The normalized spacial score (nSPS) is 11.2. The minimum absolute atomic E-state index is 0.00101. The molecule has 1 amide bonds. The van der Waals surface area contributed by atoms with Gasteiger partial charge in [0.05, 0.1) is 27.8 Å². The highest BCUT2D eigenvalue weighted by Crippen LogP contribution is 2.22. The van der Waals surface area contributed by atoms with Crippen molar-refractivity contribution in [1.82, 2.24) is 19.7 Å². The summed E-state index contributed by atoms with van der Waals surface area (Å²) in [6.07, 6.45) is 4.66. The van der Waals surface area contributed by atoms with Crippen LogP contribution in [0.3, 0.4) is 0 Å². The number of fused-ring (bicyclic) bond motifs is 2. The highest BCUT2D eigenvalue weighted by Gasteiger charge is 2.10. The standard InChI is InChI=1S/C18H16N4OS/c23-17(10-12-11-21-15-5-3-8-20-18(12)15)19-9-7-14-13-4-1-2-6-16(13)24-22-14/h1-6,8,11,21H,7,9-10H2,(H,19,23). The van der Waals surface area contributed by atoms with E-state index in [0.29, 0.717) is 13.0 Å². The number of amides is 1. The van der Waals surface area contributed by atoms with Gasteiger partial charge in [0.1, 0.15) is 0 Å². The van der Waals surface area contributed by atoms with Crippen molar-refractivity contribution in [3.05, 3.63) is 60.0 Å². The Labute approximate surface area is 142 Å². The average molecular weight is 336 g/mol. The smallest absolute Gasteiger partial charge is 0.224 e. The Morgan fingerprint density at radius 3 is 3.08 bits per heavy atom. The van der Waals surface area contributed by atoms with Gasteiger partial charge in [-0.05, 0) is 29.7 Å². The molecular formula is C18H16N4OS. The molecule has 1 aromatic carbocycles. The molecule has 0 aliphatic rings. The van der Waals surface area contributed by atoms with E-state index in [4.69, 9.17) is 0 Å². The number of carbonyl (C=O) groups is 1. The summed E-state index contributed by atoms with van der Waals surface area (Å²) in [6.45, 7) is 0.586. The molecule has 5 nitrogen and oxygen atoms in total. The number of carbonyl (C=O) groups excluding carboxylic acids is 1. The second kappa shape index (κ2) is 6.41. The van der Waals surface area contributed by atoms with Crippen LogP contribution >= 0.6 is 11.5 Å². The zero-order valence-electron chi connectivity index (χ0n) is 13.0. The lowest BCUT2D eigenvalue weighted by atomic mass is 10.1. The van der Waals surface area contributed by atoms with Gasteiger partial charge >= 0.3 is 0 Å². The molecule has 0 saturated carbocycles. The summed E-state index contributed by atoms with van der Waals surface area (Å²) in [5.41, 5.74) is 3.78. The van der Waals surface area contributed by atoms with E-state index >= 15 is 0 Å². The van der Waals surface area contributed by atoms with Crippen molar-refractivity contribution >= 4 is 38.6 Å². The van der Waals surface area contributed by atoms with Crippen molar-refractivity contribution in [3.63, 3.8) is 0 Å². The van der Waals surface area contributed by atoms with Crippen LogP contribution in [0.4, 0.5) is 0 Å². The molecule has 0 aliphatic heterocycles. The Balaban J connectivity index is 1.37. The molecule has 0 fully saturated rings. The minimum Gasteiger partial charge on any atom is -0.360 e. The van der Waals surface area contributed by atoms with Crippen molar-refractivity contribution in [3.8, 4) is 0 Å². The predicted molar refractivity (Wildman–Crippen MR) is 96.1 cm³/mol. The van der Waals surface area contributed by atoms with E-state index in [1.165, 1.54) is 21.6 Å². The van der Waals surface area contributed by atoms with Gasteiger partial charge in [0.2, 0.25) is 5.91 Å². The quantitative estimate of drug-likeness (QED) is 0.588. The van der Waals surface area contributed by atoms with Crippen LogP contribution in [0.2, 0.25) is 0 Å². The van der Waals surface area contributed by atoms with Gasteiger partial charge in [-0.3, -0.25) is 9.78 Å². The Morgan fingerprint density at radius 1 is 1.21 bits per heavy atom. The molecule has 0 unspecified atom stereocenters. The summed E-state index contributed by atoms with van der Waals surface area (Å²) >= 11 is 1.50. The molecule has 0 spiro atoms. The third-order valence-electron chi connectivity index (χ3n) is 4.00. The van der Waals surface area contributed by atoms with Crippen LogP contribution in [-0.4, -0.2) is 26.8 Å². The van der Waals surface area contributed by atoms with E-state index in [0.717, 1.165) is 28.7 Å². The average Bonchev–Trinajstić information content (AvgIpc) is 3.20. The molecular weight excluding hydrogens is 320 g/mol. The number of aromatic amines is 1. The number of nitrogens with one attached hydrogen (secondary N) is 2. The van der Waals surface area contributed by atoms with E-state index in [-0.39, 0.29) is 5.91 Å². The number of H-pyrrole nitrogens is 1. The Bertz CT molecular complexity index is 1000. The maximum absolute atomic E-state index is 12.2. The van der Waals surface area contributed by atoms with Gasteiger partial charge in [-0.25, -0.2) is 0 Å². The van der Waals surface area contributed by atoms with Crippen LogP contribution in [0.15, 0.2) is 48.8 Å². The van der Waals surface area contributed by atoms with Crippen LogP contribution in [0.25, 0.3) is 21.1 Å². The first kappa shape index (κ1) is 14.8. The van der Waals surface area contributed by atoms with Gasteiger partial charge in [-0.1, -0.05) is 18.2 Å². The maximum atomic E-state index is 12.2. The summed E-state index contributed by atoms with van der Waals surface area (Å²) in [5.74, 6) is 0.00101. The topological polar surface area (TPSA) is 70.7 Å². The highest BCUT2D eigenvalue weighted by atomic mass is 32.1. The van der Waals surface area contributed by atoms with Gasteiger partial charge in [0, 0.05) is 36.3 Å². The van der Waals surface area contributed by atoms with Crippen molar-refractivity contribution < 1.29 is 4.79 Å². The van der Waals surface area contributed by atoms with Gasteiger partial charge in [0.25, 0.3) is 0 Å². The predicted octanol–water partition coefficient (Wildman–Crippen LogP) is 3.07. The third-order valence-corrected chi connectivity index (χ3v) is 4.87.